The minimum absolute atomic E-state index is 0.133. The first kappa shape index (κ1) is 14.8. The summed E-state index contributed by atoms with van der Waals surface area (Å²) < 4.78 is 36.1. The number of aromatic nitrogens is 1. The molecule has 0 aliphatic heterocycles. The number of nitrogens with one attached hydrogen (secondary N) is 1. The number of hydrogen-bond donors (Lipinski definition) is 2. The van der Waals surface area contributed by atoms with Crippen molar-refractivity contribution in [3.05, 3.63) is 23.9 Å². The number of nitrogens with two attached hydrogens (primary N) is 1. The molecule has 0 aliphatic carbocycles. The minimum atomic E-state index is -4.17. The van der Waals surface area contributed by atoms with Gasteiger partial charge in [0.1, 0.15) is 5.82 Å². The Balaban J connectivity index is 2.44. The predicted octanol–water partition coefficient (Wildman–Crippen LogP) is 2.70. The van der Waals surface area contributed by atoms with Crippen molar-refractivity contribution in [3.8, 4) is 0 Å². The van der Waals surface area contributed by atoms with E-state index in [2.05, 4.69) is 10.3 Å². The normalized spacial score (nSPS) is 15.4. The van der Waals surface area contributed by atoms with Gasteiger partial charge >= 0.3 is 6.18 Å². The van der Waals surface area contributed by atoms with E-state index in [0.717, 1.165) is 5.56 Å². The van der Waals surface area contributed by atoms with Crippen molar-refractivity contribution in [2.45, 2.75) is 38.4 Å². The van der Waals surface area contributed by atoms with Gasteiger partial charge in [-0.3, -0.25) is 0 Å². The van der Waals surface area contributed by atoms with Gasteiger partial charge in [0.15, 0.2) is 0 Å². The topological polar surface area (TPSA) is 50.9 Å². The van der Waals surface area contributed by atoms with E-state index in [4.69, 9.17) is 5.73 Å². The van der Waals surface area contributed by atoms with Gasteiger partial charge in [0.2, 0.25) is 0 Å². The quantitative estimate of drug-likeness (QED) is 0.856. The molecular formula is C12H18F3N3. The number of rotatable bonds is 5. The molecule has 3 N–H and O–H groups in total. The van der Waals surface area contributed by atoms with Crippen molar-refractivity contribution >= 4 is 5.82 Å². The maximum absolute atomic E-state index is 12.0. The zero-order valence-electron chi connectivity index (χ0n) is 10.5. The van der Waals surface area contributed by atoms with Gasteiger partial charge in [0, 0.05) is 12.2 Å². The van der Waals surface area contributed by atoms with E-state index >= 15 is 0 Å². The van der Waals surface area contributed by atoms with Gasteiger partial charge in [-0.1, -0.05) is 13.0 Å². The highest BCUT2D eigenvalue weighted by molar-refractivity contribution is 5.30. The van der Waals surface area contributed by atoms with E-state index in [1.165, 1.54) is 0 Å². The summed E-state index contributed by atoms with van der Waals surface area (Å²) in [5.41, 5.74) is 6.45. The van der Waals surface area contributed by atoms with E-state index < -0.39 is 12.7 Å². The van der Waals surface area contributed by atoms with E-state index in [1.807, 2.05) is 13.0 Å². The molecule has 0 aliphatic rings. The molecule has 0 radical (unpaired) electrons. The van der Waals surface area contributed by atoms with E-state index in [0.29, 0.717) is 12.2 Å². The van der Waals surface area contributed by atoms with Gasteiger partial charge in [-0.15, -0.1) is 0 Å². The SMILES string of the molecule is C[C@H](C[C@@H](C)c1ccc(N)nc1)NCC(F)(F)F. The molecule has 0 unspecified atom stereocenters. The highest BCUT2D eigenvalue weighted by Crippen LogP contribution is 2.21. The average Bonchev–Trinajstić information content (AvgIpc) is 2.26. The molecule has 0 bridgehead atoms. The number of nitrogen functional groups attached to an aromatic ring is 1. The second-order valence-corrected chi connectivity index (χ2v) is 4.55. The van der Waals surface area contributed by atoms with Crippen LogP contribution in [0.3, 0.4) is 0 Å². The van der Waals surface area contributed by atoms with Gasteiger partial charge in [-0.05, 0) is 30.9 Å². The minimum Gasteiger partial charge on any atom is -0.384 e. The lowest BCUT2D eigenvalue weighted by Crippen LogP contribution is -2.36. The summed E-state index contributed by atoms with van der Waals surface area (Å²) in [5.74, 6) is 0.572. The zero-order chi connectivity index (χ0) is 13.8. The molecule has 3 nitrogen and oxygen atoms in total. The molecule has 0 spiro atoms. The maximum Gasteiger partial charge on any atom is 0.401 e. The van der Waals surface area contributed by atoms with Crippen molar-refractivity contribution < 1.29 is 13.2 Å². The van der Waals surface area contributed by atoms with Crippen LogP contribution in [0.2, 0.25) is 0 Å². The number of nitrogens with zero attached hydrogens (tertiary/aromatic N) is 1. The molecule has 0 saturated carbocycles. The number of alkyl halides is 3. The molecule has 18 heavy (non-hydrogen) atoms. The van der Waals surface area contributed by atoms with Crippen molar-refractivity contribution in [2.75, 3.05) is 12.3 Å². The molecule has 2 atom stereocenters. The Bertz CT molecular complexity index is 362. The van der Waals surface area contributed by atoms with Crippen LogP contribution in [0.1, 0.15) is 31.7 Å². The first-order valence-electron chi connectivity index (χ1n) is 5.79. The van der Waals surface area contributed by atoms with Crippen LogP contribution in [0.25, 0.3) is 0 Å². The van der Waals surface area contributed by atoms with Crippen LogP contribution in [0.4, 0.5) is 19.0 Å². The van der Waals surface area contributed by atoms with Crippen LogP contribution in [0, 0.1) is 0 Å². The highest BCUT2D eigenvalue weighted by Gasteiger charge is 2.27. The fraction of sp³-hybridized carbons (Fsp3) is 0.583. The third-order valence-electron chi connectivity index (χ3n) is 2.74. The fourth-order valence-electron chi connectivity index (χ4n) is 1.75. The largest absolute Gasteiger partial charge is 0.401 e. The molecule has 0 fully saturated rings. The lowest BCUT2D eigenvalue weighted by molar-refractivity contribution is -0.126. The lowest BCUT2D eigenvalue weighted by Gasteiger charge is -2.19. The molecule has 6 heteroatoms. The summed E-state index contributed by atoms with van der Waals surface area (Å²) >= 11 is 0. The van der Waals surface area contributed by atoms with Crippen LogP contribution < -0.4 is 11.1 Å². The van der Waals surface area contributed by atoms with E-state index in [1.54, 1.807) is 19.2 Å². The molecule has 0 amide bonds. The smallest absolute Gasteiger partial charge is 0.384 e. The molecule has 1 aromatic heterocycles. The van der Waals surface area contributed by atoms with E-state index in [9.17, 15) is 13.2 Å². The summed E-state index contributed by atoms with van der Waals surface area (Å²) in [6.07, 6.45) is -1.89. The summed E-state index contributed by atoms with van der Waals surface area (Å²) in [6.45, 7) is 2.74. The Morgan fingerprint density at radius 3 is 2.50 bits per heavy atom. The molecular weight excluding hydrogens is 243 g/mol. The van der Waals surface area contributed by atoms with Crippen LogP contribution in [-0.4, -0.2) is 23.7 Å². The Kier molecular flexibility index (Phi) is 4.95. The number of hydrogen-bond acceptors (Lipinski definition) is 3. The summed E-state index contributed by atoms with van der Waals surface area (Å²) in [4.78, 5) is 3.97. The van der Waals surface area contributed by atoms with Crippen LogP contribution in [0.15, 0.2) is 18.3 Å². The lowest BCUT2D eigenvalue weighted by atomic mass is 9.96. The monoisotopic (exact) mass is 261 g/mol. The number of pyridine rings is 1. The Morgan fingerprint density at radius 2 is 2.00 bits per heavy atom. The van der Waals surface area contributed by atoms with Gasteiger partial charge in [-0.2, -0.15) is 13.2 Å². The first-order valence-corrected chi connectivity index (χ1v) is 5.79. The van der Waals surface area contributed by atoms with Gasteiger partial charge in [0.05, 0.1) is 6.54 Å². The van der Waals surface area contributed by atoms with Crippen LogP contribution in [-0.2, 0) is 0 Å². The highest BCUT2D eigenvalue weighted by atomic mass is 19.4. The zero-order valence-corrected chi connectivity index (χ0v) is 10.5. The Morgan fingerprint density at radius 1 is 1.33 bits per heavy atom. The molecule has 0 saturated heterocycles. The van der Waals surface area contributed by atoms with Gasteiger partial charge < -0.3 is 11.1 Å². The van der Waals surface area contributed by atoms with Crippen LogP contribution in [0.5, 0.6) is 0 Å². The summed E-state index contributed by atoms with van der Waals surface area (Å²) in [6, 6.07) is 3.34. The standard InChI is InChI=1S/C12H18F3N3/c1-8(10-3-4-11(16)17-6-10)5-9(2)18-7-12(13,14)15/h3-4,6,8-9,18H,5,7H2,1-2H3,(H2,16,17)/t8-,9-/m1/s1. The predicted molar refractivity (Wildman–Crippen MR) is 65.2 cm³/mol. The van der Waals surface area contributed by atoms with Gasteiger partial charge in [-0.25, -0.2) is 4.98 Å². The second kappa shape index (κ2) is 6.04. The second-order valence-electron chi connectivity index (χ2n) is 4.55. The Labute approximate surface area is 105 Å². The van der Waals surface area contributed by atoms with Crippen LogP contribution >= 0.6 is 0 Å². The summed E-state index contributed by atoms with van der Waals surface area (Å²) in [5, 5.41) is 2.46. The average molecular weight is 261 g/mol. The third-order valence-corrected chi connectivity index (χ3v) is 2.74. The first-order chi connectivity index (χ1) is 8.28. The molecule has 1 heterocycles. The fourth-order valence-corrected chi connectivity index (χ4v) is 1.75. The molecule has 1 rings (SSSR count). The Hall–Kier alpha value is -1.30. The van der Waals surface area contributed by atoms with Crippen molar-refractivity contribution in [2.24, 2.45) is 0 Å². The maximum atomic E-state index is 12.0. The number of halogens is 3. The third kappa shape index (κ3) is 5.35. The molecule has 1 aromatic rings. The van der Waals surface area contributed by atoms with Crippen molar-refractivity contribution in [1.29, 1.82) is 0 Å². The molecule has 0 aromatic carbocycles. The molecule has 102 valence electrons. The van der Waals surface area contributed by atoms with E-state index in [-0.39, 0.29) is 12.0 Å². The summed E-state index contributed by atoms with van der Waals surface area (Å²) in [7, 11) is 0. The number of anilines is 1. The van der Waals surface area contributed by atoms with Gasteiger partial charge in [0.25, 0.3) is 0 Å². The van der Waals surface area contributed by atoms with Crippen molar-refractivity contribution in [3.63, 3.8) is 0 Å². The van der Waals surface area contributed by atoms with Crippen molar-refractivity contribution in [1.82, 2.24) is 10.3 Å².